The number of ether oxygens (including phenoxy) is 1. The molecule has 0 radical (unpaired) electrons. The first-order valence-corrected chi connectivity index (χ1v) is 7.63. The summed E-state index contributed by atoms with van der Waals surface area (Å²) in [6, 6.07) is 7.97. The zero-order valence-corrected chi connectivity index (χ0v) is 11.9. The van der Waals surface area contributed by atoms with Crippen LogP contribution in [0, 0.1) is 5.92 Å². The van der Waals surface area contributed by atoms with Crippen LogP contribution < -0.4 is 5.32 Å². The van der Waals surface area contributed by atoms with Gasteiger partial charge in [-0.25, -0.2) is 0 Å². The van der Waals surface area contributed by atoms with Gasteiger partial charge in [0.05, 0.1) is 18.6 Å². The zero-order valence-electron chi connectivity index (χ0n) is 11.0. The SMILES string of the molecule is O=C(NC[C@@H](O)c1csc2ccccc12)[C@H]1CCOC1. The Morgan fingerprint density at radius 1 is 1.50 bits per heavy atom. The summed E-state index contributed by atoms with van der Waals surface area (Å²) < 4.78 is 6.34. The molecular formula is C15H17NO3S. The number of aliphatic hydroxyl groups is 1. The number of carbonyl (C=O) groups excluding carboxylic acids is 1. The summed E-state index contributed by atoms with van der Waals surface area (Å²) in [5, 5.41) is 16.1. The summed E-state index contributed by atoms with van der Waals surface area (Å²) >= 11 is 1.61. The largest absolute Gasteiger partial charge is 0.387 e. The van der Waals surface area contributed by atoms with Crippen LogP contribution in [0.4, 0.5) is 0 Å². The van der Waals surface area contributed by atoms with E-state index in [1.807, 2.05) is 29.6 Å². The van der Waals surface area contributed by atoms with Gasteiger partial charge in [0.25, 0.3) is 0 Å². The molecule has 0 aliphatic carbocycles. The van der Waals surface area contributed by atoms with Crippen LogP contribution in [0.3, 0.4) is 0 Å². The van der Waals surface area contributed by atoms with Gasteiger partial charge in [0.2, 0.25) is 5.91 Å². The Morgan fingerprint density at radius 2 is 2.35 bits per heavy atom. The highest BCUT2D eigenvalue weighted by Crippen LogP contribution is 2.29. The van der Waals surface area contributed by atoms with Crippen LogP contribution in [0.1, 0.15) is 18.1 Å². The Morgan fingerprint density at radius 3 is 3.15 bits per heavy atom. The molecule has 1 aliphatic heterocycles. The smallest absolute Gasteiger partial charge is 0.225 e. The van der Waals surface area contributed by atoms with E-state index in [0.29, 0.717) is 13.2 Å². The van der Waals surface area contributed by atoms with E-state index in [1.165, 1.54) is 0 Å². The molecule has 2 atom stereocenters. The van der Waals surface area contributed by atoms with Gasteiger partial charge >= 0.3 is 0 Å². The number of benzene rings is 1. The van der Waals surface area contributed by atoms with Crippen molar-refractivity contribution >= 4 is 27.3 Å². The molecule has 2 heterocycles. The van der Waals surface area contributed by atoms with Crippen LogP contribution in [0.15, 0.2) is 29.6 Å². The molecule has 5 heteroatoms. The second-order valence-electron chi connectivity index (χ2n) is 5.01. The van der Waals surface area contributed by atoms with E-state index in [2.05, 4.69) is 5.32 Å². The monoisotopic (exact) mass is 291 g/mol. The van der Waals surface area contributed by atoms with E-state index in [1.54, 1.807) is 11.3 Å². The lowest BCUT2D eigenvalue weighted by atomic mass is 10.1. The molecule has 0 bridgehead atoms. The average Bonchev–Trinajstić information content (AvgIpc) is 3.13. The predicted octanol–water partition coefficient (Wildman–Crippen LogP) is 2.09. The molecule has 0 spiro atoms. The first kappa shape index (κ1) is 13.5. The maximum atomic E-state index is 11.9. The lowest BCUT2D eigenvalue weighted by Crippen LogP contribution is -2.34. The fourth-order valence-electron chi connectivity index (χ4n) is 2.45. The first-order valence-electron chi connectivity index (χ1n) is 6.75. The number of rotatable bonds is 4. The summed E-state index contributed by atoms with van der Waals surface area (Å²) in [4.78, 5) is 11.9. The fraction of sp³-hybridized carbons (Fsp3) is 0.400. The first-order chi connectivity index (χ1) is 9.75. The van der Waals surface area contributed by atoms with Gasteiger partial charge in [0.15, 0.2) is 0 Å². The van der Waals surface area contributed by atoms with Crippen molar-refractivity contribution in [1.82, 2.24) is 5.32 Å². The van der Waals surface area contributed by atoms with Crippen molar-refractivity contribution < 1.29 is 14.6 Å². The van der Waals surface area contributed by atoms with Crippen molar-refractivity contribution in [2.45, 2.75) is 12.5 Å². The molecular weight excluding hydrogens is 274 g/mol. The van der Waals surface area contributed by atoms with Crippen LogP contribution in [0.5, 0.6) is 0 Å². The number of nitrogens with one attached hydrogen (secondary N) is 1. The highest BCUT2D eigenvalue weighted by molar-refractivity contribution is 7.17. The molecule has 1 aromatic carbocycles. The number of carbonyl (C=O) groups is 1. The summed E-state index contributed by atoms with van der Waals surface area (Å²) in [6.45, 7) is 1.38. The standard InChI is InChI=1S/C15H17NO3S/c17-13(7-16-15(18)10-5-6-19-8-10)12-9-20-14-4-2-1-3-11(12)14/h1-4,9-10,13,17H,5-8H2,(H,16,18)/t10-,13+/m0/s1. The van der Waals surface area contributed by atoms with Crippen molar-refractivity contribution in [3.63, 3.8) is 0 Å². The molecule has 20 heavy (non-hydrogen) atoms. The highest BCUT2D eigenvalue weighted by Gasteiger charge is 2.24. The summed E-state index contributed by atoms with van der Waals surface area (Å²) in [5.41, 5.74) is 0.883. The van der Waals surface area contributed by atoms with Gasteiger partial charge in [-0.1, -0.05) is 18.2 Å². The Hall–Kier alpha value is -1.43. The molecule has 1 aliphatic rings. The van der Waals surface area contributed by atoms with Crippen molar-refractivity contribution in [2.24, 2.45) is 5.92 Å². The lowest BCUT2D eigenvalue weighted by Gasteiger charge is -2.13. The number of hydrogen-bond donors (Lipinski definition) is 2. The molecule has 1 aromatic heterocycles. The van der Waals surface area contributed by atoms with E-state index in [-0.39, 0.29) is 18.4 Å². The molecule has 0 saturated carbocycles. The van der Waals surface area contributed by atoms with Gasteiger partial charge in [-0.3, -0.25) is 4.79 Å². The molecule has 1 fully saturated rings. The van der Waals surface area contributed by atoms with Gasteiger partial charge < -0.3 is 15.2 Å². The van der Waals surface area contributed by atoms with Gasteiger partial charge in [-0.05, 0) is 23.3 Å². The van der Waals surface area contributed by atoms with E-state index in [0.717, 1.165) is 22.1 Å². The number of amides is 1. The normalized spacial score (nSPS) is 20.1. The number of aliphatic hydroxyl groups excluding tert-OH is 1. The minimum atomic E-state index is -0.669. The second kappa shape index (κ2) is 5.91. The van der Waals surface area contributed by atoms with Crippen molar-refractivity contribution in [3.8, 4) is 0 Å². The van der Waals surface area contributed by atoms with Gasteiger partial charge in [-0.15, -0.1) is 11.3 Å². The van der Waals surface area contributed by atoms with E-state index >= 15 is 0 Å². The third-order valence-corrected chi connectivity index (χ3v) is 4.62. The third-order valence-electron chi connectivity index (χ3n) is 3.64. The average molecular weight is 291 g/mol. The van der Waals surface area contributed by atoms with Crippen LogP contribution >= 0.6 is 11.3 Å². The third kappa shape index (κ3) is 2.70. The minimum Gasteiger partial charge on any atom is -0.387 e. The molecule has 1 saturated heterocycles. The maximum Gasteiger partial charge on any atom is 0.225 e. The summed E-state index contributed by atoms with van der Waals surface area (Å²) in [7, 11) is 0. The predicted molar refractivity (Wildman–Crippen MR) is 78.7 cm³/mol. The molecule has 2 aromatic rings. The van der Waals surface area contributed by atoms with E-state index in [9.17, 15) is 9.90 Å². The molecule has 3 rings (SSSR count). The zero-order chi connectivity index (χ0) is 13.9. The summed E-state index contributed by atoms with van der Waals surface area (Å²) in [6.07, 6.45) is 0.0981. The number of thiophene rings is 1. The quantitative estimate of drug-likeness (QED) is 0.907. The van der Waals surface area contributed by atoms with E-state index in [4.69, 9.17) is 4.74 Å². The van der Waals surface area contributed by atoms with Crippen LogP contribution in [0.2, 0.25) is 0 Å². The Kier molecular flexibility index (Phi) is 4.00. The van der Waals surface area contributed by atoms with Crippen LogP contribution in [-0.2, 0) is 9.53 Å². The second-order valence-corrected chi connectivity index (χ2v) is 5.92. The van der Waals surface area contributed by atoms with Crippen molar-refractivity contribution in [3.05, 3.63) is 35.2 Å². The van der Waals surface area contributed by atoms with E-state index < -0.39 is 6.10 Å². The highest BCUT2D eigenvalue weighted by atomic mass is 32.1. The molecule has 4 nitrogen and oxygen atoms in total. The fourth-order valence-corrected chi connectivity index (χ4v) is 3.46. The van der Waals surface area contributed by atoms with Gasteiger partial charge in [0.1, 0.15) is 0 Å². The van der Waals surface area contributed by atoms with Crippen LogP contribution in [0.25, 0.3) is 10.1 Å². The van der Waals surface area contributed by atoms with Gasteiger partial charge in [0, 0.05) is 23.4 Å². The molecule has 0 unspecified atom stereocenters. The summed E-state index contributed by atoms with van der Waals surface area (Å²) in [5.74, 6) is -0.0949. The lowest BCUT2D eigenvalue weighted by molar-refractivity contribution is -0.125. The maximum absolute atomic E-state index is 11.9. The topological polar surface area (TPSA) is 58.6 Å². The minimum absolute atomic E-state index is 0.0268. The Bertz CT molecular complexity index is 604. The molecule has 1 amide bonds. The number of hydrogen-bond acceptors (Lipinski definition) is 4. The molecule has 106 valence electrons. The van der Waals surface area contributed by atoms with Gasteiger partial charge in [-0.2, -0.15) is 0 Å². The van der Waals surface area contributed by atoms with Crippen molar-refractivity contribution in [1.29, 1.82) is 0 Å². The Labute approximate surface area is 121 Å². The van der Waals surface area contributed by atoms with Crippen molar-refractivity contribution in [2.75, 3.05) is 19.8 Å². The number of fused-ring (bicyclic) bond motifs is 1. The molecule has 2 N–H and O–H groups in total. The van der Waals surface area contributed by atoms with Crippen LogP contribution in [-0.4, -0.2) is 30.8 Å². The Balaban J connectivity index is 1.64.